The normalized spacial score (nSPS) is 12.2. The highest BCUT2D eigenvalue weighted by molar-refractivity contribution is 5.69. The van der Waals surface area contributed by atoms with Gasteiger partial charge in [0.05, 0.1) is 5.70 Å². The Kier molecular flexibility index (Phi) is 12.7. The van der Waals surface area contributed by atoms with Gasteiger partial charge in [0.25, 0.3) is 0 Å². The molecule has 0 spiro atoms. The van der Waals surface area contributed by atoms with Crippen LogP contribution in [0.2, 0.25) is 0 Å². The van der Waals surface area contributed by atoms with Crippen LogP contribution in [-0.4, -0.2) is 13.1 Å². The average molecular weight is 403 g/mol. The quantitative estimate of drug-likeness (QED) is 0.373. The molecule has 0 fully saturated rings. The van der Waals surface area contributed by atoms with Crippen molar-refractivity contribution < 1.29 is 0 Å². The van der Waals surface area contributed by atoms with Crippen molar-refractivity contribution in [1.82, 2.24) is 5.32 Å². The van der Waals surface area contributed by atoms with Crippen LogP contribution in [0.25, 0.3) is 0 Å². The maximum Gasteiger partial charge on any atom is 0.0646 e. The number of hydrogen-bond acceptors (Lipinski definition) is 2. The van der Waals surface area contributed by atoms with E-state index in [0.29, 0.717) is 5.92 Å². The number of para-hydroxylation sites is 1. The molecule has 30 heavy (non-hydrogen) atoms. The Morgan fingerprint density at radius 2 is 1.63 bits per heavy atom. The van der Waals surface area contributed by atoms with E-state index < -0.39 is 0 Å². The van der Waals surface area contributed by atoms with Gasteiger partial charge in [-0.25, -0.2) is 0 Å². The summed E-state index contributed by atoms with van der Waals surface area (Å²) in [6.45, 7) is 14.6. The predicted molar refractivity (Wildman–Crippen MR) is 134 cm³/mol. The van der Waals surface area contributed by atoms with Crippen LogP contribution in [0.5, 0.6) is 0 Å². The molecule has 2 heteroatoms. The van der Waals surface area contributed by atoms with Crippen molar-refractivity contribution in [3.8, 4) is 12.3 Å². The summed E-state index contributed by atoms with van der Waals surface area (Å²) >= 11 is 0. The van der Waals surface area contributed by atoms with Crippen molar-refractivity contribution in [3.63, 3.8) is 0 Å². The molecule has 0 aromatic heterocycles. The number of rotatable bonds is 8. The number of hydrogen-bond donors (Lipinski definition) is 1. The molecular weight excluding hydrogens is 364 g/mol. The van der Waals surface area contributed by atoms with Gasteiger partial charge in [0.1, 0.15) is 0 Å². The largest absolute Gasteiger partial charge is 0.316 e. The van der Waals surface area contributed by atoms with E-state index in [2.05, 4.69) is 92.2 Å². The second-order valence-electron chi connectivity index (χ2n) is 7.47. The maximum absolute atomic E-state index is 4.89. The lowest BCUT2D eigenvalue weighted by molar-refractivity contribution is 0.609. The number of unbranched alkanes of at least 4 members (excludes halogenated alkanes) is 1. The van der Waals surface area contributed by atoms with Crippen LogP contribution in [0.1, 0.15) is 58.4 Å². The van der Waals surface area contributed by atoms with Gasteiger partial charge in [-0.15, -0.1) is 12.3 Å². The molecule has 0 radical (unpaired) electrons. The number of nitrogens with one attached hydrogen (secondary N) is 1. The molecule has 1 aliphatic heterocycles. The average Bonchev–Trinajstić information content (AvgIpc) is 3.58. The van der Waals surface area contributed by atoms with Crippen LogP contribution in [0.4, 0.5) is 5.69 Å². The third-order valence-corrected chi connectivity index (χ3v) is 4.56. The van der Waals surface area contributed by atoms with E-state index in [1.807, 2.05) is 25.1 Å². The lowest BCUT2D eigenvalue weighted by Crippen LogP contribution is -2.20. The maximum atomic E-state index is 4.89. The third kappa shape index (κ3) is 10.1. The number of allylic oxidation sites excluding steroid dienone is 1. The molecule has 2 nitrogen and oxygen atoms in total. The van der Waals surface area contributed by atoms with Crippen molar-refractivity contribution in [2.24, 2.45) is 0 Å². The highest BCUT2D eigenvalue weighted by atomic mass is 15.2. The fourth-order valence-electron chi connectivity index (χ4n) is 2.75. The van der Waals surface area contributed by atoms with E-state index in [4.69, 9.17) is 6.42 Å². The van der Waals surface area contributed by atoms with Crippen LogP contribution >= 0.6 is 0 Å². The summed E-state index contributed by atoms with van der Waals surface area (Å²) in [5.41, 5.74) is 5.00. The summed E-state index contributed by atoms with van der Waals surface area (Å²) in [6, 6.07) is 20.9. The molecule has 2 aromatic carbocycles. The van der Waals surface area contributed by atoms with E-state index in [1.165, 1.54) is 23.4 Å². The number of anilines is 1. The molecule has 0 aliphatic carbocycles. The Labute approximate surface area is 184 Å². The lowest BCUT2D eigenvalue weighted by atomic mass is 10.0. The summed E-state index contributed by atoms with van der Waals surface area (Å²) in [7, 11) is 0. The lowest BCUT2D eigenvalue weighted by Gasteiger charge is -2.12. The van der Waals surface area contributed by atoms with Crippen LogP contribution in [0, 0.1) is 12.3 Å². The topological polar surface area (TPSA) is 15.0 Å². The molecular formula is C28H38N2. The number of terminal acetylenes is 1. The monoisotopic (exact) mass is 402 g/mol. The Bertz CT molecular complexity index is 784. The summed E-state index contributed by atoms with van der Waals surface area (Å²) < 4.78 is 0. The van der Waals surface area contributed by atoms with Crippen molar-refractivity contribution in [3.05, 3.63) is 90.3 Å². The second-order valence-corrected chi connectivity index (χ2v) is 7.47. The summed E-state index contributed by atoms with van der Waals surface area (Å²) in [4.78, 5) is 2.14. The first-order valence-electron chi connectivity index (χ1n) is 11.0. The Morgan fingerprint density at radius 1 is 1.03 bits per heavy atom. The van der Waals surface area contributed by atoms with Gasteiger partial charge in [0.2, 0.25) is 0 Å². The van der Waals surface area contributed by atoms with E-state index >= 15 is 0 Å². The van der Waals surface area contributed by atoms with Gasteiger partial charge in [-0.3, -0.25) is 0 Å². The van der Waals surface area contributed by atoms with E-state index in [0.717, 1.165) is 31.5 Å². The number of benzene rings is 2. The van der Waals surface area contributed by atoms with Crippen LogP contribution in [0.3, 0.4) is 0 Å². The van der Waals surface area contributed by atoms with E-state index in [9.17, 15) is 0 Å². The molecule has 1 atom stereocenters. The zero-order valence-corrected chi connectivity index (χ0v) is 19.2. The van der Waals surface area contributed by atoms with Gasteiger partial charge in [-0.2, -0.15) is 0 Å². The summed E-state index contributed by atoms with van der Waals surface area (Å²) in [5, 5.41) is 3.43. The van der Waals surface area contributed by atoms with Gasteiger partial charge in [-0.05, 0) is 55.5 Å². The molecule has 0 amide bonds. The Hall–Kier alpha value is -2.76. The van der Waals surface area contributed by atoms with Gasteiger partial charge in [0, 0.05) is 24.9 Å². The standard InChI is InChI=1S/C12H19N.C11H11N.C5H8/c1-3-9-13-10-11(2)12-7-5-4-6-8-12;1-9(2)11-8-12(11)10-6-4-3-5-7-10;1-3-5-4-2/h4-8,11,13H,3,9-10H2,1-2H3;3-8H,1H2,2H3;1H,4-5H2,2H3. The van der Waals surface area contributed by atoms with Crippen LogP contribution in [0.15, 0.2) is 84.7 Å². The van der Waals surface area contributed by atoms with Gasteiger partial charge >= 0.3 is 0 Å². The molecule has 2 aromatic rings. The van der Waals surface area contributed by atoms with Crippen molar-refractivity contribution >= 4 is 5.69 Å². The molecule has 1 aliphatic rings. The first kappa shape index (κ1) is 25.3. The fraction of sp³-hybridized carbons (Fsp3) is 0.357. The molecule has 0 bridgehead atoms. The Morgan fingerprint density at radius 3 is 2.07 bits per heavy atom. The molecule has 1 unspecified atom stereocenters. The van der Waals surface area contributed by atoms with Crippen LogP contribution in [-0.2, 0) is 0 Å². The van der Waals surface area contributed by atoms with Gasteiger partial charge in [-0.1, -0.05) is 75.9 Å². The predicted octanol–water partition coefficient (Wildman–Crippen LogP) is 7.13. The smallest absolute Gasteiger partial charge is 0.0646 e. The van der Waals surface area contributed by atoms with Crippen molar-refractivity contribution in [2.45, 2.75) is 52.9 Å². The van der Waals surface area contributed by atoms with Crippen molar-refractivity contribution in [1.29, 1.82) is 0 Å². The highest BCUT2D eigenvalue weighted by Crippen LogP contribution is 2.33. The molecule has 1 N–H and O–H groups in total. The van der Waals surface area contributed by atoms with Crippen molar-refractivity contribution in [2.75, 3.05) is 18.0 Å². The molecule has 160 valence electrons. The van der Waals surface area contributed by atoms with E-state index in [1.54, 1.807) is 0 Å². The first-order chi connectivity index (χ1) is 14.5. The minimum atomic E-state index is 0.618. The molecule has 0 saturated carbocycles. The third-order valence-electron chi connectivity index (χ3n) is 4.56. The van der Waals surface area contributed by atoms with Crippen LogP contribution < -0.4 is 10.2 Å². The summed E-state index contributed by atoms with van der Waals surface area (Å²) in [5.74, 6) is 3.14. The summed E-state index contributed by atoms with van der Waals surface area (Å²) in [6.07, 6.45) is 10.2. The van der Waals surface area contributed by atoms with Gasteiger partial charge in [0.15, 0.2) is 0 Å². The second kappa shape index (κ2) is 15.1. The fourth-order valence-corrected chi connectivity index (χ4v) is 2.75. The molecule has 3 rings (SSSR count). The Balaban J connectivity index is 0.000000247. The number of nitrogens with zero attached hydrogens (tertiary/aromatic N) is 1. The molecule has 0 saturated heterocycles. The zero-order valence-electron chi connectivity index (χ0n) is 19.2. The zero-order chi connectivity index (χ0) is 22.2. The van der Waals surface area contributed by atoms with E-state index in [-0.39, 0.29) is 0 Å². The first-order valence-corrected chi connectivity index (χ1v) is 11.0. The minimum Gasteiger partial charge on any atom is -0.316 e. The highest BCUT2D eigenvalue weighted by Gasteiger charge is 2.21. The SMILES string of the molecule is C#CCCC.C=C(C)C1=CN1c1ccccc1.CCCNCC(C)c1ccccc1. The molecule has 1 heterocycles. The van der Waals surface area contributed by atoms with Gasteiger partial charge < -0.3 is 10.2 Å². The minimum absolute atomic E-state index is 0.618.